The van der Waals surface area contributed by atoms with Crippen molar-refractivity contribution in [3.63, 3.8) is 0 Å². The Kier molecular flexibility index (Phi) is 72.3. The van der Waals surface area contributed by atoms with Crippen molar-refractivity contribution >= 4 is 39.5 Å². The fourth-order valence-electron chi connectivity index (χ4n) is 10.9. The highest BCUT2D eigenvalue weighted by atomic mass is 31.2. The second kappa shape index (κ2) is 75.2. The second-order valence-electron chi connectivity index (χ2n) is 27.0. The normalized spacial score (nSPS) is 14.4. The van der Waals surface area contributed by atoms with Crippen LogP contribution in [0.25, 0.3) is 0 Å². The van der Waals surface area contributed by atoms with Crippen LogP contribution in [0.1, 0.15) is 349 Å². The summed E-state index contributed by atoms with van der Waals surface area (Å²) in [5.41, 5.74) is 0. The molecule has 5 atom stereocenters. The number of aliphatic hydroxyl groups is 1. The molecular weight excluding hydrogens is 1330 g/mol. The zero-order chi connectivity index (χ0) is 74.6. The Balaban J connectivity index is 5.31. The summed E-state index contributed by atoms with van der Waals surface area (Å²) >= 11 is 0. The number of allylic oxidation sites excluding steroid dienone is 16. The average Bonchev–Trinajstić information content (AvgIpc) is 0.907. The van der Waals surface area contributed by atoms with Crippen LogP contribution in [0.5, 0.6) is 0 Å². The van der Waals surface area contributed by atoms with Crippen LogP contribution in [0.3, 0.4) is 0 Å². The number of phosphoric ester groups is 2. The van der Waals surface area contributed by atoms with Crippen molar-refractivity contribution in [1.82, 2.24) is 0 Å². The number of carbonyl (C=O) groups is 4. The van der Waals surface area contributed by atoms with E-state index in [1.54, 1.807) is 0 Å². The number of esters is 4. The topological polar surface area (TPSA) is 237 Å². The van der Waals surface area contributed by atoms with Crippen molar-refractivity contribution in [3.8, 4) is 0 Å². The number of aliphatic hydroxyl groups excluding tert-OH is 1. The molecule has 0 fully saturated rings. The maximum atomic E-state index is 13.1. The van der Waals surface area contributed by atoms with Gasteiger partial charge in [0.2, 0.25) is 0 Å². The molecule has 0 radical (unpaired) electrons. The quantitative estimate of drug-likeness (QED) is 0.0169. The van der Waals surface area contributed by atoms with Crippen LogP contribution in [0.2, 0.25) is 0 Å². The van der Waals surface area contributed by atoms with Crippen molar-refractivity contribution in [2.24, 2.45) is 0 Å². The third kappa shape index (κ3) is 74.3. The fraction of sp³-hybridized carbons (Fsp3) is 0.759. The third-order valence-corrected chi connectivity index (χ3v) is 19.0. The van der Waals surface area contributed by atoms with E-state index in [4.69, 9.17) is 37.0 Å². The van der Waals surface area contributed by atoms with E-state index in [0.717, 1.165) is 161 Å². The second-order valence-corrected chi connectivity index (χ2v) is 29.9. The van der Waals surface area contributed by atoms with E-state index < -0.39 is 97.5 Å². The monoisotopic (exact) mass is 1480 g/mol. The van der Waals surface area contributed by atoms with Gasteiger partial charge in [0.25, 0.3) is 0 Å². The molecule has 0 bridgehead atoms. The van der Waals surface area contributed by atoms with Crippen LogP contribution >= 0.6 is 15.6 Å². The van der Waals surface area contributed by atoms with E-state index in [1.165, 1.54) is 109 Å². The lowest BCUT2D eigenvalue weighted by Crippen LogP contribution is -2.30. The molecule has 5 unspecified atom stereocenters. The Bertz CT molecular complexity index is 2310. The minimum atomic E-state index is -4.98. The summed E-state index contributed by atoms with van der Waals surface area (Å²) in [4.78, 5) is 73.0. The van der Waals surface area contributed by atoms with Crippen LogP contribution in [-0.2, 0) is 65.4 Å². The van der Waals surface area contributed by atoms with Gasteiger partial charge in [-0.05, 0) is 109 Å². The predicted octanol–water partition coefficient (Wildman–Crippen LogP) is 23.6. The molecule has 0 heterocycles. The third-order valence-electron chi connectivity index (χ3n) is 17.1. The van der Waals surface area contributed by atoms with Crippen molar-refractivity contribution in [2.45, 2.75) is 367 Å². The highest BCUT2D eigenvalue weighted by Crippen LogP contribution is 2.45. The van der Waals surface area contributed by atoms with E-state index in [9.17, 15) is 43.2 Å². The number of rotatable bonds is 76. The molecule has 0 aromatic carbocycles. The molecule has 3 N–H and O–H groups in total. The van der Waals surface area contributed by atoms with Crippen LogP contribution < -0.4 is 0 Å². The first kappa shape index (κ1) is 98.0. The molecule has 0 aromatic rings. The molecule has 0 rings (SSSR count). The first-order chi connectivity index (χ1) is 49.7. The fourth-order valence-corrected chi connectivity index (χ4v) is 12.5. The van der Waals surface area contributed by atoms with Gasteiger partial charge in [-0.1, -0.05) is 311 Å². The highest BCUT2D eigenvalue weighted by molar-refractivity contribution is 7.47. The van der Waals surface area contributed by atoms with Gasteiger partial charge in [0.1, 0.15) is 19.3 Å². The molecule has 0 amide bonds. The molecule has 0 aliphatic carbocycles. The Labute approximate surface area is 620 Å². The maximum Gasteiger partial charge on any atom is 0.472 e. The molecule has 19 heteroatoms. The van der Waals surface area contributed by atoms with Crippen molar-refractivity contribution < 1.29 is 80.2 Å². The summed E-state index contributed by atoms with van der Waals surface area (Å²) in [5, 5.41) is 10.6. The van der Waals surface area contributed by atoms with Crippen LogP contribution in [-0.4, -0.2) is 96.7 Å². The van der Waals surface area contributed by atoms with Gasteiger partial charge in [0.15, 0.2) is 12.2 Å². The number of carbonyl (C=O) groups excluding carboxylic acids is 4. The van der Waals surface area contributed by atoms with Crippen molar-refractivity contribution in [2.75, 3.05) is 39.6 Å². The summed E-state index contributed by atoms with van der Waals surface area (Å²) < 4.78 is 68.6. The Morgan fingerprint density at radius 2 is 0.510 bits per heavy atom. The van der Waals surface area contributed by atoms with E-state index in [2.05, 4.69) is 125 Å². The molecule has 0 saturated carbocycles. The van der Waals surface area contributed by atoms with Crippen LogP contribution in [0.15, 0.2) is 97.2 Å². The first-order valence-corrected chi connectivity index (χ1v) is 43.5. The summed E-state index contributed by atoms with van der Waals surface area (Å²) in [6.45, 7) is 4.72. The number of hydrogen-bond acceptors (Lipinski definition) is 15. The Morgan fingerprint density at radius 1 is 0.284 bits per heavy atom. The van der Waals surface area contributed by atoms with Gasteiger partial charge in [-0.2, -0.15) is 0 Å². The Morgan fingerprint density at radius 3 is 0.814 bits per heavy atom. The number of unbranched alkanes of at least 4 members (excludes halogenated alkanes) is 34. The zero-order valence-corrected chi connectivity index (χ0v) is 66.3. The maximum absolute atomic E-state index is 13.1. The Hall–Kier alpha value is -4.02. The van der Waals surface area contributed by atoms with Gasteiger partial charge in [0.05, 0.1) is 26.4 Å². The lowest BCUT2D eigenvalue weighted by Gasteiger charge is -2.21. The number of phosphoric acid groups is 2. The predicted molar refractivity (Wildman–Crippen MR) is 418 cm³/mol. The van der Waals surface area contributed by atoms with Gasteiger partial charge in [-0.25, -0.2) is 9.13 Å². The minimum absolute atomic E-state index is 0.0906. The molecule has 0 saturated heterocycles. The lowest BCUT2D eigenvalue weighted by atomic mass is 10.0. The summed E-state index contributed by atoms with van der Waals surface area (Å²) in [6.07, 6.45) is 79.6. The number of ether oxygens (including phenoxy) is 4. The van der Waals surface area contributed by atoms with Crippen molar-refractivity contribution in [1.29, 1.82) is 0 Å². The van der Waals surface area contributed by atoms with Gasteiger partial charge in [0, 0.05) is 25.7 Å². The molecule has 0 aliphatic heterocycles. The van der Waals surface area contributed by atoms with E-state index >= 15 is 0 Å². The largest absolute Gasteiger partial charge is 0.472 e. The van der Waals surface area contributed by atoms with Gasteiger partial charge < -0.3 is 33.8 Å². The summed E-state index contributed by atoms with van der Waals surface area (Å²) in [7, 11) is -9.95. The van der Waals surface area contributed by atoms with Crippen LogP contribution in [0, 0.1) is 0 Å². The smallest absolute Gasteiger partial charge is 0.462 e. The molecule has 102 heavy (non-hydrogen) atoms. The SMILES string of the molecule is CC/C=C\C/C=C\C/C=C\C/C=C\C/C=C\CCCCCC(=O)OCC(COP(=O)(O)OCC(O)COP(=O)(O)OCC(COC(=O)CCCCCCCC/C=C\C/C=C\C/C=C\CCCCC)OC(=O)CCCCCCCCCCCCC)OC(=O)CCCCCCCCCCCCCCC. The molecule has 17 nitrogen and oxygen atoms in total. The van der Waals surface area contributed by atoms with Gasteiger partial charge in [-0.15, -0.1) is 0 Å². The molecule has 0 spiro atoms. The minimum Gasteiger partial charge on any atom is -0.462 e. The van der Waals surface area contributed by atoms with Gasteiger partial charge in [-0.3, -0.25) is 37.3 Å². The van der Waals surface area contributed by atoms with Gasteiger partial charge >= 0.3 is 39.5 Å². The lowest BCUT2D eigenvalue weighted by molar-refractivity contribution is -0.161. The summed E-state index contributed by atoms with van der Waals surface area (Å²) in [5.74, 6) is -2.20. The molecule has 0 aliphatic rings. The molecule has 0 aromatic heterocycles. The van der Waals surface area contributed by atoms with E-state index in [0.29, 0.717) is 25.7 Å². The average molecular weight is 1480 g/mol. The summed E-state index contributed by atoms with van der Waals surface area (Å²) in [6, 6.07) is 0. The number of hydrogen-bond donors (Lipinski definition) is 3. The van der Waals surface area contributed by atoms with E-state index in [1.807, 2.05) is 0 Å². The van der Waals surface area contributed by atoms with Crippen molar-refractivity contribution in [3.05, 3.63) is 97.2 Å². The molecule has 590 valence electrons. The molecular formula is C83H146O17P2. The standard InChI is InChI=1S/C83H146O17P2/c1-5-9-13-17-21-25-29-32-34-36-38-40-42-45-48-51-55-59-63-67-80(85)93-73-78(99-82(87)69-65-61-57-53-47-28-24-20-16-12-8-4)75-97-101(89,90)95-71-77(84)72-96-102(91,92)98-76-79(100-83(88)70-66-62-58-54-50-44-31-27-23-19-15-11-7-3)74-94-81(86)68-64-60-56-52-49-46-43-41-39-37-35-33-30-26-22-18-14-10-6-2/h10,14,21-22,25-26,32-35,38-41,46,49,77-79,84H,5-9,11-13,15-20,23-24,27-31,36-37,42-45,47-48,50-76H2,1-4H3,(H,89,90)(H,91,92)/b14-10-,25-21-,26-22-,34-32-,35-33-,40-38-,41-39-,49-46-. The zero-order valence-electron chi connectivity index (χ0n) is 64.5. The van der Waals surface area contributed by atoms with E-state index in [-0.39, 0.29) is 25.7 Å². The highest BCUT2D eigenvalue weighted by Gasteiger charge is 2.30. The van der Waals surface area contributed by atoms with Crippen LogP contribution in [0.4, 0.5) is 0 Å². The first-order valence-electron chi connectivity index (χ1n) is 40.5.